The van der Waals surface area contributed by atoms with E-state index in [1.54, 1.807) is 30.5 Å². The number of rotatable bonds is 10. The first-order valence-corrected chi connectivity index (χ1v) is 15.1. The van der Waals surface area contributed by atoms with Gasteiger partial charge in [0, 0.05) is 43.4 Å². The van der Waals surface area contributed by atoms with Crippen LogP contribution >= 0.6 is 11.6 Å². The van der Waals surface area contributed by atoms with Crippen LogP contribution in [0, 0.1) is 0 Å². The third kappa shape index (κ3) is 5.47. The number of fused-ring (bicyclic) bond motifs is 3. The number of hydrogen-bond donors (Lipinski definition) is 3. The summed E-state index contributed by atoms with van der Waals surface area (Å²) in [5, 5.41) is 17.4. The number of nitrogens with zero attached hydrogens (tertiary/aromatic N) is 3. The van der Waals surface area contributed by atoms with E-state index in [1.165, 1.54) is 37.3 Å². The van der Waals surface area contributed by atoms with Gasteiger partial charge in [-0.2, -0.15) is 0 Å². The molecule has 13 heteroatoms. The summed E-state index contributed by atoms with van der Waals surface area (Å²) in [4.78, 5) is 47.3. The van der Waals surface area contributed by atoms with Crippen LogP contribution in [0.5, 0.6) is 5.75 Å². The van der Waals surface area contributed by atoms with Crippen molar-refractivity contribution in [3.8, 4) is 5.75 Å². The number of anilines is 2. The van der Waals surface area contributed by atoms with Crippen molar-refractivity contribution in [2.45, 2.75) is 30.7 Å². The third-order valence-corrected chi connectivity index (χ3v) is 9.07. The Bertz CT molecular complexity index is 1730. The second kappa shape index (κ2) is 12.7. The van der Waals surface area contributed by atoms with Gasteiger partial charge in [-0.1, -0.05) is 35.9 Å². The zero-order valence-electron chi connectivity index (χ0n) is 25.6. The molecule has 1 aliphatic carbocycles. The number of aliphatic hydroxyl groups excluding tert-OH is 1. The molecule has 0 radical (unpaired) electrons. The molecule has 46 heavy (non-hydrogen) atoms. The molecule has 3 heterocycles. The van der Waals surface area contributed by atoms with Crippen molar-refractivity contribution in [1.82, 2.24) is 14.8 Å². The first-order chi connectivity index (χ1) is 22.2. The van der Waals surface area contributed by atoms with Crippen molar-refractivity contribution in [1.29, 1.82) is 0 Å². The Balaban J connectivity index is 1.25. The molecule has 1 unspecified atom stereocenters. The topological polar surface area (TPSA) is 143 Å². The van der Waals surface area contributed by atoms with Crippen molar-refractivity contribution in [2.75, 3.05) is 51.7 Å². The predicted octanol–water partition coefficient (Wildman–Crippen LogP) is 2.79. The zero-order valence-corrected chi connectivity index (χ0v) is 26.3. The number of aliphatic hydroxyl groups is 1. The number of pyridine rings is 1. The number of amides is 3. The van der Waals surface area contributed by atoms with E-state index < -0.39 is 29.6 Å². The summed E-state index contributed by atoms with van der Waals surface area (Å²) in [6.07, 6.45) is 2.59. The number of hydrogen-bond acceptors (Lipinski definition) is 9. The number of methoxy groups -OCH3 is 3. The van der Waals surface area contributed by atoms with E-state index in [0.717, 1.165) is 16.7 Å². The van der Waals surface area contributed by atoms with Gasteiger partial charge >= 0.3 is 0 Å². The molecule has 2 aliphatic heterocycles. The van der Waals surface area contributed by atoms with Crippen molar-refractivity contribution < 1.29 is 33.7 Å². The highest BCUT2D eigenvalue weighted by Crippen LogP contribution is 2.47. The van der Waals surface area contributed by atoms with Crippen LogP contribution in [0.25, 0.3) is 5.57 Å². The van der Waals surface area contributed by atoms with Gasteiger partial charge in [-0.15, -0.1) is 0 Å². The molecule has 2 aromatic carbocycles. The van der Waals surface area contributed by atoms with E-state index in [9.17, 15) is 19.5 Å². The van der Waals surface area contributed by atoms with E-state index in [2.05, 4.69) is 15.6 Å². The molecular formula is C33H34ClN5O7. The maximum atomic E-state index is 13.8. The molecule has 3 aliphatic rings. The van der Waals surface area contributed by atoms with Crippen LogP contribution in [0.1, 0.15) is 22.3 Å². The lowest BCUT2D eigenvalue weighted by Gasteiger charge is -2.43. The van der Waals surface area contributed by atoms with Crippen LogP contribution in [0.3, 0.4) is 0 Å². The molecule has 3 aromatic rings. The summed E-state index contributed by atoms with van der Waals surface area (Å²) in [5.41, 5.74) is 3.20. The molecule has 0 fully saturated rings. The largest absolute Gasteiger partial charge is 0.495 e. The number of aromatic nitrogens is 1. The molecular weight excluding hydrogens is 614 g/mol. The van der Waals surface area contributed by atoms with E-state index in [4.69, 9.17) is 25.8 Å². The average Bonchev–Trinajstić information content (AvgIpc) is 3.55. The van der Waals surface area contributed by atoms with Crippen LogP contribution in [0.15, 0.2) is 60.9 Å². The Labute approximate surface area is 270 Å². The van der Waals surface area contributed by atoms with Crippen LogP contribution < -0.4 is 15.4 Å². The molecule has 0 bridgehead atoms. The number of carbonyl (C=O) groups is 3. The van der Waals surface area contributed by atoms with Crippen molar-refractivity contribution in [2.24, 2.45) is 0 Å². The number of ether oxygens (including phenoxy) is 3. The van der Waals surface area contributed by atoms with Crippen LogP contribution in [-0.2, 0) is 42.1 Å². The molecule has 0 saturated heterocycles. The monoisotopic (exact) mass is 647 g/mol. The molecule has 2 atom stereocenters. The molecule has 240 valence electrons. The van der Waals surface area contributed by atoms with Crippen LogP contribution in [0.4, 0.5) is 11.5 Å². The van der Waals surface area contributed by atoms with Crippen LogP contribution in [-0.4, -0.2) is 91.1 Å². The number of carbonyl (C=O) groups excluding carboxylic acids is 3. The summed E-state index contributed by atoms with van der Waals surface area (Å²) in [7, 11) is 4.44. The highest BCUT2D eigenvalue weighted by molar-refractivity contribution is 6.36. The van der Waals surface area contributed by atoms with Gasteiger partial charge < -0.3 is 34.9 Å². The standard InChI is InChI=1S/C33H34ClN5O7/c1-44-17-22(18-45-2)39-30(41)24(23-6-4-8-26(46-3)28(23)34)15-38(32(39)43)16-27(40)36-21-10-9-19-13-33(14-20(19)12-21)25-7-5-11-35-29(25)37-31(33)42/h4-12,15,22,32,43H,13-14,16-18H2,1-3H3,(H,36,40)(H,35,37,42)/t32?,33-/m1/s1. The fraction of sp³-hybridized carbons (Fsp3) is 0.333. The Hall–Kier alpha value is -4.49. The molecule has 3 amide bonds. The lowest BCUT2D eigenvalue weighted by Crippen LogP contribution is -2.60. The van der Waals surface area contributed by atoms with E-state index in [1.807, 2.05) is 24.3 Å². The lowest BCUT2D eigenvalue weighted by molar-refractivity contribution is -0.166. The first-order valence-electron chi connectivity index (χ1n) is 14.7. The summed E-state index contributed by atoms with van der Waals surface area (Å²) >= 11 is 6.61. The molecule has 6 rings (SSSR count). The number of nitrogens with one attached hydrogen (secondary N) is 2. The minimum absolute atomic E-state index is 0.0744. The normalized spacial score (nSPS) is 20.1. The van der Waals surface area contributed by atoms with Gasteiger partial charge in [0.2, 0.25) is 18.2 Å². The van der Waals surface area contributed by atoms with Gasteiger partial charge in [-0.05, 0) is 48.2 Å². The Morgan fingerprint density at radius 3 is 2.61 bits per heavy atom. The van der Waals surface area contributed by atoms with E-state index in [0.29, 0.717) is 35.7 Å². The maximum Gasteiger partial charge on any atom is 0.259 e. The van der Waals surface area contributed by atoms with Gasteiger partial charge in [0.05, 0.1) is 42.4 Å². The second-order valence-corrected chi connectivity index (χ2v) is 11.9. The Kier molecular flexibility index (Phi) is 8.71. The van der Waals surface area contributed by atoms with Crippen LogP contribution in [0.2, 0.25) is 5.02 Å². The summed E-state index contributed by atoms with van der Waals surface area (Å²) in [5.74, 6) is -0.0777. The number of benzene rings is 2. The van der Waals surface area contributed by atoms with Gasteiger partial charge in [0.15, 0.2) is 0 Å². The van der Waals surface area contributed by atoms with Crippen molar-refractivity contribution in [3.63, 3.8) is 0 Å². The summed E-state index contributed by atoms with van der Waals surface area (Å²) in [6.45, 7) is -0.152. The van der Waals surface area contributed by atoms with E-state index >= 15 is 0 Å². The predicted molar refractivity (Wildman–Crippen MR) is 170 cm³/mol. The average molecular weight is 648 g/mol. The van der Waals surface area contributed by atoms with E-state index in [-0.39, 0.29) is 36.3 Å². The third-order valence-electron chi connectivity index (χ3n) is 8.68. The molecule has 1 aromatic heterocycles. The Morgan fingerprint density at radius 1 is 1.11 bits per heavy atom. The first kappa shape index (κ1) is 31.5. The molecule has 1 spiro atoms. The smallest absolute Gasteiger partial charge is 0.259 e. The molecule has 12 nitrogen and oxygen atoms in total. The van der Waals surface area contributed by atoms with Gasteiger partial charge in [0.25, 0.3) is 5.91 Å². The summed E-state index contributed by atoms with van der Waals surface area (Å²) in [6, 6.07) is 13.7. The fourth-order valence-electron chi connectivity index (χ4n) is 6.54. The Morgan fingerprint density at radius 2 is 1.87 bits per heavy atom. The maximum absolute atomic E-state index is 13.8. The lowest BCUT2D eigenvalue weighted by atomic mass is 9.79. The SMILES string of the molecule is COCC(COC)N1C(=O)C(c2cccc(OC)c2Cl)=CN(CC(=O)Nc2ccc3c(c2)C[C@@]2(C3)C(=O)Nc3ncccc32)C1O. The van der Waals surface area contributed by atoms with Gasteiger partial charge in [0.1, 0.15) is 18.1 Å². The highest BCUT2D eigenvalue weighted by Gasteiger charge is 2.51. The second-order valence-electron chi connectivity index (χ2n) is 11.5. The van der Waals surface area contributed by atoms with Crippen molar-refractivity contribution in [3.05, 3.63) is 88.2 Å². The quantitative estimate of drug-likeness (QED) is 0.303. The highest BCUT2D eigenvalue weighted by atomic mass is 35.5. The number of halogens is 1. The minimum Gasteiger partial charge on any atom is -0.495 e. The zero-order chi connectivity index (χ0) is 32.6. The van der Waals surface area contributed by atoms with Crippen molar-refractivity contribution >= 4 is 46.4 Å². The summed E-state index contributed by atoms with van der Waals surface area (Å²) < 4.78 is 16.0. The van der Waals surface area contributed by atoms with Gasteiger partial charge in [-0.25, -0.2) is 4.98 Å². The molecule has 0 saturated carbocycles. The minimum atomic E-state index is -1.50. The van der Waals surface area contributed by atoms with Gasteiger partial charge in [-0.3, -0.25) is 19.3 Å². The molecule has 3 N–H and O–H groups in total. The fourth-order valence-corrected chi connectivity index (χ4v) is 6.84.